The summed E-state index contributed by atoms with van der Waals surface area (Å²) in [7, 11) is 0. The zero-order chi connectivity index (χ0) is 10.8. The van der Waals surface area contributed by atoms with Crippen LogP contribution in [0.1, 0.15) is 24.4 Å². The predicted octanol–water partition coefficient (Wildman–Crippen LogP) is 2.20. The molecule has 2 rings (SSSR count). The van der Waals surface area contributed by atoms with E-state index in [1.54, 1.807) is 23.2 Å². The third-order valence-corrected chi connectivity index (χ3v) is 2.57. The molecule has 0 aliphatic heterocycles. The van der Waals surface area contributed by atoms with Crippen LogP contribution in [0.3, 0.4) is 0 Å². The van der Waals surface area contributed by atoms with Crippen LogP contribution in [0.5, 0.6) is 0 Å². The van der Waals surface area contributed by atoms with Crippen molar-refractivity contribution in [3.63, 3.8) is 0 Å². The first-order chi connectivity index (χ1) is 7.24. The van der Waals surface area contributed by atoms with Crippen molar-refractivity contribution in [1.82, 2.24) is 9.78 Å². The van der Waals surface area contributed by atoms with Crippen molar-refractivity contribution in [2.75, 3.05) is 0 Å². The van der Waals surface area contributed by atoms with Crippen LogP contribution in [0.4, 0.5) is 0 Å². The normalized spacial score (nSPS) is 13.0. The molecule has 0 spiro atoms. The Bertz CT molecular complexity index is 435. The Morgan fingerprint density at radius 1 is 1.67 bits per heavy atom. The minimum absolute atomic E-state index is 0.366. The molecule has 2 aromatic rings. The molecule has 80 valence electrons. The summed E-state index contributed by atoms with van der Waals surface area (Å²) < 4.78 is 7.02. The van der Waals surface area contributed by atoms with Gasteiger partial charge in [-0.3, -0.25) is 4.68 Å². The highest BCUT2D eigenvalue weighted by Gasteiger charge is 2.19. The fourth-order valence-corrected chi connectivity index (χ4v) is 1.79. The predicted molar refractivity (Wildman–Crippen MR) is 57.6 cm³/mol. The summed E-state index contributed by atoms with van der Waals surface area (Å²) in [5, 5.41) is 4.70. The molecule has 4 nitrogen and oxygen atoms in total. The summed E-state index contributed by atoms with van der Waals surface area (Å²) in [4.78, 5) is 0. The van der Waals surface area contributed by atoms with Crippen molar-refractivity contribution in [1.29, 1.82) is 0 Å². The van der Waals surface area contributed by atoms with Gasteiger partial charge in [0.15, 0.2) is 0 Å². The topological polar surface area (TPSA) is 57.0 Å². The van der Waals surface area contributed by atoms with Gasteiger partial charge in [0.1, 0.15) is 11.8 Å². The van der Waals surface area contributed by atoms with E-state index in [4.69, 9.17) is 21.8 Å². The lowest BCUT2D eigenvalue weighted by Crippen LogP contribution is -2.17. The quantitative estimate of drug-likeness (QED) is 0.871. The van der Waals surface area contributed by atoms with Crippen molar-refractivity contribution >= 4 is 11.6 Å². The van der Waals surface area contributed by atoms with Gasteiger partial charge in [-0.05, 0) is 19.1 Å². The van der Waals surface area contributed by atoms with Crippen LogP contribution in [0.15, 0.2) is 29.0 Å². The number of nitrogens with zero attached hydrogens (tertiary/aromatic N) is 2. The van der Waals surface area contributed by atoms with Gasteiger partial charge < -0.3 is 10.2 Å². The zero-order valence-electron chi connectivity index (χ0n) is 8.35. The number of hydrogen-bond acceptors (Lipinski definition) is 3. The van der Waals surface area contributed by atoms with Crippen LogP contribution in [-0.2, 0) is 6.54 Å². The average Bonchev–Trinajstić information content (AvgIpc) is 2.85. The SMILES string of the molecule is CCn1ncc(Cl)c1C(N)c1ccco1. The standard InChI is InChI=1S/C10H12ClN3O/c1-2-14-10(7(11)6-13-14)9(12)8-4-3-5-15-8/h3-6,9H,2,12H2,1H3. The molecule has 1 atom stereocenters. The minimum Gasteiger partial charge on any atom is -0.467 e. The monoisotopic (exact) mass is 225 g/mol. The van der Waals surface area contributed by atoms with E-state index in [0.717, 1.165) is 12.2 Å². The second-order valence-electron chi connectivity index (χ2n) is 3.19. The number of furan rings is 1. The molecule has 0 aliphatic carbocycles. The van der Waals surface area contributed by atoms with Crippen molar-refractivity contribution < 1.29 is 4.42 Å². The molecule has 2 aromatic heterocycles. The molecule has 0 bridgehead atoms. The van der Waals surface area contributed by atoms with Gasteiger partial charge in [0, 0.05) is 6.54 Å². The van der Waals surface area contributed by atoms with Crippen molar-refractivity contribution in [2.45, 2.75) is 19.5 Å². The van der Waals surface area contributed by atoms with E-state index in [9.17, 15) is 0 Å². The smallest absolute Gasteiger partial charge is 0.126 e. The van der Waals surface area contributed by atoms with Gasteiger partial charge in [-0.15, -0.1) is 0 Å². The number of halogens is 1. The maximum Gasteiger partial charge on any atom is 0.126 e. The fraction of sp³-hybridized carbons (Fsp3) is 0.300. The molecule has 0 radical (unpaired) electrons. The van der Waals surface area contributed by atoms with Crippen LogP contribution in [0, 0.1) is 0 Å². The van der Waals surface area contributed by atoms with Crippen LogP contribution < -0.4 is 5.73 Å². The van der Waals surface area contributed by atoms with Crippen LogP contribution >= 0.6 is 11.6 Å². The molecule has 0 aromatic carbocycles. The summed E-state index contributed by atoms with van der Waals surface area (Å²) in [5.41, 5.74) is 6.83. The average molecular weight is 226 g/mol. The van der Waals surface area contributed by atoms with E-state index >= 15 is 0 Å². The van der Waals surface area contributed by atoms with E-state index in [1.165, 1.54) is 0 Å². The Hall–Kier alpha value is -1.26. The Kier molecular flexibility index (Phi) is 2.79. The first-order valence-electron chi connectivity index (χ1n) is 4.74. The van der Waals surface area contributed by atoms with Crippen LogP contribution in [0.2, 0.25) is 5.02 Å². The molecule has 0 saturated carbocycles. The largest absolute Gasteiger partial charge is 0.467 e. The van der Waals surface area contributed by atoms with Crippen molar-refractivity contribution in [3.05, 3.63) is 41.1 Å². The number of aromatic nitrogens is 2. The molecule has 0 aliphatic rings. The summed E-state index contributed by atoms with van der Waals surface area (Å²) in [6.07, 6.45) is 3.19. The van der Waals surface area contributed by atoms with E-state index in [1.807, 2.05) is 13.0 Å². The van der Waals surface area contributed by atoms with Crippen LogP contribution in [0.25, 0.3) is 0 Å². The van der Waals surface area contributed by atoms with E-state index in [0.29, 0.717) is 10.8 Å². The molecule has 0 amide bonds. The van der Waals surface area contributed by atoms with Gasteiger partial charge in [-0.2, -0.15) is 5.10 Å². The minimum atomic E-state index is -0.366. The number of hydrogen-bond donors (Lipinski definition) is 1. The zero-order valence-corrected chi connectivity index (χ0v) is 9.11. The Labute approximate surface area is 92.6 Å². The number of aryl methyl sites for hydroxylation is 1. The van der Waals surface area contributed by atoms with Gasteiger partial charge in [0.2, 0.25) is 0 Å². The molecule has 2 N–H and O–H groups in total. The first kappa shape index (κ1) is 10.3. The lowest BCUT2D eigenvalue weighted by molar-refractivity contribution is 0.473. The molecule has 0 fully saturated rings. The molecule has 2 heterocycles. The summed E-state index contributed by atoms with van der Waals surface area (Å²) in [6, 6.07) is 3.26. The molecule has 1 unspecified atom stereocenters. The lowest BCUT2D eigenvalue weighted by atomic mass is 10.1. The highest BCUT2D eigenvalue weighted by atomic mass is 35.5. The first-order valence-corrected chi connectivity index (χ1v) is 5.12. The summed E-state index contributed by atoms with van der Waals surface area (Å²) in [5.74, 6) is 0.687. The Balaban J connectivity index is 2.40. The van der Waals surface area contributed by atoms with E-state index < -0.39 is 0 Å². The summed E-state index contributed by atoms with van der Waals surface area (Å²) >= 11 is 6.03. The second kappa shape index (κ2) is 4.08. The van der Waals surface area contributed by atoms with Gasteiger partial charge in [-0.1, -0.05) is 11.6 Å². The second-order valence-corrected chi connectivity index (χ2v) is 3.59. The van der Waals surface area contributed by atoms with Crippen molar-refractivity contribution in [3.8, 4) is 0 Å². The lowest BCUT2D eigenvalue weighted by Gasteiger charge is -2.11. The van der Waals surface area contributed by atoms with Gasteiger partial charge in [0.25, 0.3) is 0 Å². The molecule has 15 heavy (non-hydrogen) atoms. The highest BCUT2D eigenvalue weighted by Crippen LogP contribution is 2.26. The number of nitrogens with two attached hydrogens (primary N) is 1. The molecular formula is C10H12ClN3O. The van der Waals surface area contributed by atoms with Gasteiger partial charge >= 0.3 is 0 Å². The van der Waals surface area contributed by atoms with Gasteiger partial charge in [0.05, 0.1) is 23.2 Å². The number of rotatable bonds is 3. The Morgan fingerprint density at radius 3 is 3.07 bits per heavy atom. The summed E-state index contributed by atoms with van der Waals surface area (Å²) in [6.45, 7) is 2.72. The maximum absolute atomic E-state index is 6.04. The Morgan fingerprint density at radius 2 is 2.47 bits per heavy atom. The fourth-order valence-electron chi connectivity index (χ4n) is 1.54. The van der Waals surface area contributed by atoms with Gasteiger partial charge in [-0.25, -0.2) is 0 Å². The van der Waals surface area contributed by atoms with Crippen LogP contribution in [-0.4, -0.2) is 9.78 Å². The maximum atomic E-state index is 6.04. The van der Waals surface area contributed by atoms with Crippen molar-refractivity contribution in [2.24, 2.45) is 5.73 Å². The third-order valence-electron chi connectivity index (χ3n) is 2.28. The highest BCUT2D eigenvalue weighted by molar-refractivity contribution is 6.31. The molecular weight excluding hydrogens is 214 g/mol. The molecule has 5 heteroatoms. The third kappa shape index (κ3) is 1.78. The van der Waals surface area contributed by atoms with E-state index in [2.05, 4.69) is 5.10 Å². The molecule has 0 saturated heterocycles. The van der Waals surface area contributed by atoms with E-state index in [-0.39, 0.29) is 6.04 Å².